The number of carbonyl (C=O) groups is 1. The van der Waals surface area contributed by atoms with Crippen LogP contribution < -0.4 is 18.9 Å². The zero-order valence-corrected chi connectivity index (χ0v) is 16.5. The first kappa shape index (κ1) is 19.8. The van der Waals surface area contributed by atoms with E-state index < -0.39 is 21.7 Å². The topological polar surface area (TPSA) is 150 Å². The zero-order valence-electron chi connectivity index (χ0n) is 16.5. The van der Waals surface area contributed by atoms with Gasteiger partial charge in [0, 0.05) is 17.5 Å². The molecule has 0 amide bonds. The molecular weight excluding hydrogens is 428 g/mol. The monoisotopic (exact) mass is 444 g/mol. The van der Waals surface area contributed by atoms with E-state index in [1.165, 1.54) is 18.2 Å². The third-order valence-corrected chi connectivity index (χ3v) is 5.73. The molecule has 32 heavy (non-hydrogen) atoms. The highest BCUT2D eigenvalue weighted by molar-refractivity contribution is 5.75. The Labute approximate surface area is 179 Å². The Kier molecular flexibility index (Phi) is 4.68. The van der Waals surface area contributed by atoms with Gasteiger partial charge >= 0.3 is 11.7 Å². The molecule has 5 rings (SSSR count). The molecule has 2 atom stereocenters. The lowest BCUT2D eigenvalue weighted by Gasteiger charge is -2.16. The predicted molar refractivity (Wildman–Crippen MR) is 104 cm³/mol. The van der Waals surface area contributed by atoms with Crippen molar-refractivity contribution in [1.82, 2.24) is 0 Å². The van der Waals surface area contributed by atoms with Crippen molar-refractivity contribution < 1.29 is 38.3 Å². The quantitative estimate of drug-likeness (QED) is 0.369. The highest BCUT2D eigenvalue weighted by Crippen LogP contribution is 2.43. The van der Waals surface area contributed by atoms with Crippen molar-refractivity contribution in [2.75, 3.05) is 20.2 Å². The Morgan fingerprint density at radius 1 is 0.812 bits per heavy atom. The number of esters is 1. The Hall–Kier alpha value is -4.09. The molecule has 0 radical (unpaired) electrons. The number of ether oxygens (including phenoxy) is 5. The van der Waals surface area contributed by atoms with E-state index in [0.717, 1.165) is 0 Å². The fraction of sp³-hybridized carbons (Fsp3) is 0.350. The molecule has 1 unspecified atom stereocenters. The average Bonchev–Trinajstić information content (AvgIpc) is 3.48. The van der Waals surface area contributed by atoms with E-state index >= 15 is 0 Å². The third-order valence-electron chi connectivity index (χ3n) is 5.73. The van der Waals surface area contributed by atoms with Crippen LogP contribution in [0.5, 0.6) is 23.0 Å². The molecule has 0 aliphatic carbocycles. The molecule has 0 spiro atoms. The predicted octanol–water partition coefficient (Wildman–Crippen LogP) is 2.53. The first-order valence-electron chi connectivity index (χ1n) is 9.71. The van der Waals surface area contributed by atoms with E-state index in [-0.39, 0.29) is 67.6 Å². The van der Waals surface area contributed by atoms with Gasteiger partial charge in [0.15, 0.2) is 17.2 Å². The molecule has 1 saturated heterocycles. The maximum atomic E-state index is 12.5. The molecule has 1 fully saturated rings. The smallest absolute Gasteiger partial charge is 0.315 e. The van der Waals surface area contributed by atoms with Crippen molar-refractivity contribution in [1.29, 1.82) is 0 Å². The summed E-state index contributed by atoms with van der Waals surface area (Å²) in [6.45, 7) is -0.0436. The molecular formula is C20H16N2O10. The highest BCUT2D eigenvalue weighted by Gasteiger charge is 2.39. The summed E-state index contributed by atoms with van der Waals surface area (Å²) >= 11 is 0. The van der Waals surface area contributed by atoms with Crippen LogP contribution in [0.2, 0.25) is 0 Å². The maximum absolute atomic E-state index is 12.5. The number of carbonyl (C=O) groups excluding carboxylic acids is 1. The van der Waals surface area contributed by atoms with Crippen LogP contribution >= 0.6 is 0 Å². The van der Waals surface area contributed by atoms with Crippen molar-refractivity contribution in [2.45, 2.75) is 12.8 Å². The number of nitro groups is 2. The van der Waals surface area contributed by atoms with Gasteiger partial charge in [0.05, 0.1) is 28.4 Å². The van der Waals surface area contributed by atoms with E-state index in [0.29, 0.717) is 16.9 Å². The maximum Gasteiger partial charge on any atom is 0.315 e. The fourth-order valence-electron chi connectivity index (χ4n) is 4.20. The van der Waals surface area contributed by atoms with Gasteiger partial charge in [-0.25, -0.2) is 0 Å². The van der Waals surface area contributed by atoms with Crippen LogP contribution in [0.4, 0.5) is 11.4 Å². The van der Waals surface area contributed by atoms with Gasteiger partial charge in [-0.15, -0.1) is 0 Å². The van der Waals surface area contributed by atoms with Crippen LogP contribution in [-0.2, 0) is 22.4 Å². The molecule has 12 heteroatoms. The van der Waals surface area contributed by atoms with Crippen molar-refractivity contribution in [3.05, 3.63) is 55.6 Å². The Morgan fingerprint density at radius 3 is 2.25 bits per heavy atom. The molecule has 0 aromatic heterocycles. The summed E-state index contributed by atoms with van der Waals surface area (Å²) in [5.41, 5.74) is 0.508. The first-order valence-corrected chi connectivity index (χ1v) is 9.71. The average molecular weight is 444 g/mol. The molecule has 3 aliphatic heterocycles. The van der Waals surface area contributed by atoms with Crippen molar-refractivity contribution in [3.63, 3.8) is 0 Å². The number of benzene rings is 2. The second-order valence-corrected chi connectivity index (χ2v) is 7.60. The largest absolute Gasteiger partial charge is 0.465 e. The summed E-state index contributed by atoms with van der Waals surface area (Å²) in [7, 11) is 0. The molecule has 3 heterocycles. The number of hydrogen-bond donors (Lipinski definition) is 0. The number of nitro benzene ring substituents is 2. The van der Waals surface area contributed by atoms with Gasteiger partial charge in [-0.1, -0.05) is 0 Å². The van der Waals surface area contributed by atoms with Crippen LogP contribution in [0.3, 0.4) is 0 Å². The molecule has 2 aromatic carbocycles. The molecule has 166 valence electrons. The van der Waals surface area contributed by atoms with Gasteiger partial charge in [0.2, 0.25) is 19.3 Å². The number of fused-ring (bicyclic) bond motifs is 2. The van der Waals surface area contributed by atoms with E-state index in [1.54, 1.807) is 6.07 Å². The van der Waals surface area contributed by atoms with Crippen molar-refractivity contribution in [3.8, 4) is 23.0 Å². The molecule has 12 nitrogen and oxygen atoms in total. The molecule has 2 aromatic rings. The van der Waals surface area contributed by atoms with E-state index in [9.17, 15) is 25.0 Å². The number of hydrogen-bond acceptors (Lipinski definition) is 10. The van der Waals surface area contributed by atoms with Gasteiger partial charge in [0.25, 0.3) is 5.69 Å². The standard InChI is InChI=1S/C20H16N2O10/c23-20-13(4-11-5-16-17(30-8-29-16)6-14(11)21(24)25)12(7-28-20)1-10-2-15(22(26)27)19-18(3-10)31-9-32-19/h2-3,5-6,12-13H,1,4,7-9H2/t12-,13?/m0/s1. The van der Waals surface area contributed by atoms with Gasteiger partial charge < -0.3 is 23.7 Å². The van der Waals surface area contributed by atoms with E-state index in [1.807, 2.05) is 0 Å². The van der Waals surface area contributed by atoms with Crippen molar-refractivity contribution >= 4 is 17.3 Å². The van der Waals surface area contributed by atoms with Gasteiger partial charge in [-0.2, -0.15) is 0 Å². The third kappa shape index (κ3) is 3.39. The van der Waals surface area contributed by atoms with E-state index in [4.69, 9.17) is 23.7 Å². The molecule has 0 N–H and O–H groups in total. The molecule has 0 bridgehead atoms. The van der Waals surface area contributed by atoms with Crippen LogP contribution in [-0.4, -0.2) is 36.0 Å². The van der Waals surface area contributed by atoms with Crippen LogP contribution in [0.15, 0.2) is 24.3 Å². The fourth-order valence-corrected chi connectivity index (χ4v) is 4.20. The lowest BCUT2D eigenvalue weighted by Crippen LogP contribution is -2.21. The first-order chi connectivity index (χ1) is 15.4. The molecule has 0 saturated carbocycles. The minimum absolute atomic E-state index is 0.0348. The van der Waals surface area contributed by atoms with Gasteiger partial charge in [-0.3, -0.25) is 25.0 Å². The van der Waals surface area contributed by atoms with Crippen molar-refractivity contribution in [2.24, 2.45) is 11.8 Å². The van der Waals surface area contributed by atoms with E-state index in [2.05, 4.69) is 0 Å². The minimum Gasteiger partial charge on any atom is -0.465 e. The Balaban J connectivity index is 1.43. The number of rotatable bonds is 6. The summed E-state index contributed by atoms with van der Waals surface area (Å²) < 4.78 is 26.2. The summed E-state index contributed by atoms with van der Waals surface area (Å²) in [5.74, 6) is -0.491. The summed E-state index contributed by atoms with van der Waals surface area (Å²) in [6.07, 6.45) is 0.343. The molecule has 3 aliphatic rings. The van der Waals surface area contributed by atoms with Crippen LogP contribution in [0.1, 0.15) is 11.1 Å². The van der Waals surface area contributed by atoms with Crippen LogP contribution in [0, 0.1) is 32.1 Å². The van der Waals surface area contributed by atoms with Gasteiger partial charge in [-0.05, 0) is 30.5 Å². The number of cyclic esters (lactones) is 1. The normalized spacial score (nSPS) is 20.3. The highest BCUT2D eigenvalue weighted by atomic mass is 16.7. The Bertz CT molecular complexity index is 1150. The summed E-state index contributed by atoms with van der Waals surface area (Å²) in [5, 5.41) is 23.0. The second-order valence-electron chi connectivity index (χ2n) is 7.60. The number of nitrogens with zero attached hydrogens (tertiary/aromatic N) is 2. The SMILES string of the molecule is O=C1OC[C@H](Cc2cc3c(c([N+](=O)[O-])c2)OCO3)C1Cc1cc2c(cc1[N+](=O)[O-])OCO2. The lowest BCUT2D eigenvalue weighted by atomic mass is 9.84. The zero-order chi connectivity index (χ0) is 22.4. The summed E-state index contributed by atoms with van der Waals surface area (Å²) in [4.78, 5) is 34.3. The van der Waals surface area contributed by atoms with Gasteiger partial charge in [0.1, 0.15) is 0 Å². The minimum atomic E-state index is -0.668. The summed E-state index contributed by atoms with van der Waals surface area (Å²) in [6, 6.07) is 5.82. The Morgan fingerprint density at radius 2 is 1.50 bits per heavy atom. The van der Waals surface area contributed by atoms with Crippen LogP contribution in [0.25, 0.3) is 0 Å². The lowest BCUT2D eigenvalue weighted by molar-refractivity contribution is -0.385. The second kappa shape index (κ2) is 7.55.